The van der Waals surface area contributed by atoms with Crippen LogP contribution in [0.3, 0.4) is 0 Å². The van der Waals surface area contributed by atoms with Crippen LogP contribution < -0.4 is 10.6 Å². The average Bonchev–Trinajstić information content (AvgIpc) is 3.27. The number of anilines is 1. The van der Waals surface area contributed by atoms with E-state index in [4.69, 9.17) is 0 Å². The quantitative estimate of drug-likeness (QED) is 0.250. The van der Waals surface area contributed by atoms with Gasteiger partial charge in [0.25, 0.3) is 0 Å². The van der Waals surface area contributed by atoms with Crippen LogP contribution in [-0.2, 0) is 29.5 Å². The lowest BCUT2D eigenvalue weighted by atomic mass is 10.0. The van der Waals surface area contributed by atoms with E-state index in [9.17, 15) is 21.6 Å². The highest BCUT2D eigenvalue weighted by Crippen LogP contribution is 2.32. The van der Waals surface area contributed by atoms with Gasteiger partial charge in [0, 0.05) is 47.7 Å². The van der Waals surface area contributed by atoms with E-state index in [2.05, 4.69) is 22.6 Å². The SMILES string of the molecule is CN1CCC(NCc2ccc3c(c2)cc(-c2ccc(CNc4ccc(S(C)(=O)=O)cc4)cc2)n3CC(F)(F)F)CC1. The first-order valence-corrected chi connectivity index (χ1v) is 15.6. The summed E-state index contributed by atoms with van der Waals surface area (Å²) >= 11 is 0. The maximum absolute atomic E-state index is 13.6. The minimum Gasteiger partial charge on any atom is -0.381 e. The van der Waals surface area contributed by atoms with Gasteiger partial charge < -0.3 is 20.1 Å². The van der Waals surface area contributed by atoms with Crippen LogP contribution in [0.15, 0.2) is 77.7 Å². The zero-order valence-corrected chi connectivity index (χ0v) is 24.0. The Labute approximate surface area is 239 Å². The van der Waals surface area contributed by atoms with Gasteiger partial charge >= 0.3 is 6.18 Å². The van der Waals surface area contributed by atoms with Crippen molar-refractivity contribution in [2.45, 2.75) is 49.6 Å². The molecular formula is C31H35F3N4O2S. The molecule has 1 aromatic heterocycles. The first-order valence-electron chi connectivity index (χ1n) is 13.7. The van der Waals surface area contributed by atoms with Crippen molar-refractivity contribution in [1.82, 2.24) is 14.8 Å². The maximum Gasteiger partial charge on any atom is 0.406 e. The third-order valence-corrected chi connectivity index (χ3v) is 8.77. The molecule has 4 aromatic rings. The molecule has 10 heteroatoms. The van der Waals surface area contributed by atoms with E-state index in [1.807, 2.05) is 42.5 Å². The molecule has 2 N–H and O–H groups in total. The van der Waals surface area contributed by atoms with Gasteiger partial charge in [0.2, 0.25) is 0 Å². The number of aromatic nitrogens is 1. The molecule has 1 aliphatic rings. The lowest BCUT2D eigenvalue weighted by molar-refractivity contribution is -0.139. The number of rotatable bonds is 9. The van der Waals surface area contributed by atoms with Gasteiger partial charge in [-0.2, -0.15) is 13.2 Å². The Bertz CT molecular complexity index is 1590. The lowest BCUT2D eigenvalue weighted by Crippen LogP contribution is -2.40. The Hall–Kier alpha value is -3.34. The summed E-state index contributed by atoms with van der Waals surface area (Å²) in [6, 6.07) is 22.0. The standard InChI is InChI=1S/C31H35F3N4O2S/c1-37-15-13-27(14-16-37)36-20-23-5-12-29-25(17-23)18-30(38(29)21-31(32,33)34)24-6-3-22(4-7-24)19-35-26-8-10-28(11-9-26)41(2,39)40/h3-12,17-18,27,35-36H,13-16,19-21H2,1-2H3. The molecule has 41 heavy (non-hydrogen) atoms. The molecule has 1 fully saturated rings. The summed E-state index contributed by atoms with van der Waals surface area (Å²) in [4.78, 5) is 2.57. The molecule has 5 rings (SSSR count). The van der Waals surface area contributed by atoms with Crippen LogP contribution in [0, 0.1) is 0 Å². The van der Waals surface area contributed by atoms with Crippen LogP contribution in [0.5, 0.6) is 0 Å². The molecule has 0 radical (unpaired) electrons. The normalized spacial score (nSPS) is 15.4. The molecule has 1 aliphatic heterocycles. The minimum atomic E-state index is -4.36. The highest BCUT2D eigenvalue weighted by molar-refractivity contribution is 7.90. The number of piperidine rings is 1. The largest absolute Gasteiger partial charge is 0.406 e. The van der Waals surface area contributed by atoms with E-state index in [1.165, 1.54) is 10.8 Å². The number of nitrogens with zero attached hydrogens (tertiary/aromatic N) is 2. The lowest BCUT2D eigenvalue weighted by Gasteiger charge is -2.29. The zero-order valence-electron chi connectivity index (χ0n) is 23.2. The number of halogens is 3. The van der Waals surface area contributed by atoms with Gasteiger partial charge in [0.15, 0.2) is 9.84 Å². The summed E-state index contributed by atoms with van der Waals surface area (Å²) in [6.45, 7) is 2.23. The topological polar surface area (TPSA) is 66.4 Å². The van der Waals surface area contributed by atoms with Crippen molar-refractivity contribution in [3.63, 3.8) is 0 Å². The zero-order chi connectivity index (χ0) is 29.2. The molecule has 0 bridgehead atoms. The fourth-order valence-corrected chi connectivity index (χ4v) is 5.94. The third kappa shape index (κ3) is 7.49. The molecule has 0 aliphatic carbocycles. The van der Waals surface area contributed by atoms with Crippen LogP contribution in [0.25, 0.3) is 22.2 Å². The number of hydrogen-bond donors (Lipinski definition) is 2. The van der Waals surface area contributed by atoms with E-state index in [0.717, 1.165) is 48.1 Å². The summed E-state index contributed by atoms with van der Waals surface area (Å²) < 4.78 is 65.5. The highest BCUT2D eigenvalue weighted by Gasteiger charge is 2.30. The van der Waals surface area contributed by atoms with Crippen molar-refractivity contribution >= 4 is 26.4 Å². The second kappa shape index (κ2) is 11.9. The van der Waals surface area contributed by atoms with Crippen molar-refractivity contribution in [3.8, 4) is 11.3 Å². The van der Waals surface area contributed by atoms with Crippen molar-refractivity contribution in [2.24, 2.45) is 0 Å². The first-order chi connectivity index (χ1) is 19.4. The van der Waals surface area contributed by atoms with Crippen LogP contribution in [0.1, 0.15) is 24.0 Å². The summed E-state index contributed by atoms with van der Waals surface area (Å²) in [5, 5.41) is 7.64. The number of likely N-dealkylation sites (tertiary alicyclic amines) is 1. The second-order valence-electron chi connectivity index (χ2n) is 10.9. The fourth-order valence-electron chi connectivity index (χ4n) is 5.31. The predicted octanol–water partition coefficient (Wildman–Crippen LogP) is 6.07. The molecule has 0 unspecified atom stereocenters. The van der Waals surface area contributed by atoms with Gasteiger partial charge in [-0.25, -0.2) is 8.42 Å². The van der Waals surface area contributed by atoms with Gasteiger partial charge in [-0.15, -0.1) is 0 Å². The molecule has 2 heterocycles. The number of hydrogen-bond acceptors (Lipinski definition) is 5. The number of benzene rings is 3. The van der Waals surface area contributed by atoms with Crippen molar-refractivity contribution in [3.05, 3.63) is 83.9 Å². The monoisotopic (exact) mass is 584 g/mol. The maximum atomic E-state index is 13.6. The Balaban J connectivity index is 1.32. The van der Waals surface area contributed by atoms with Gasteiger partial charge in [-0.1, -0.05) is 30.3 Å². The molecule has 1 saturated heterocycles. The molecule has 0 spiro atoms. The average molecular weight is 585 g/mol. The summed E-state index contributed by atoms with van der Waals surface area (Å²) in [7, 11) is -1.13. The van der Waals surface area contributed by atoms with E-state index in [-0.39, 0.29) is 4.90 Å². The van der Waals surface area contributed by atoms with E-state index in [1.54, 1.807) is 30.3 Å². The summed E-state index contributed by atoms with van der Waals surface area (Å²) in [5.74, 6) is 0. The Morgan fingerprint density at radius 2 is 1.54 bits per heavy atom. The Kier molecular flexibility index (Phi) is 8.45. The second-order valence-corrected chi connectivity index (χ2v) is 12.9. The van der Waals surface area contributed by atoms with Crippen molar-refractivity contribution in [2.75, 3.05) is 31.7 Å². The Morgan fingerprint density at radius 1 is 0.878 bits per heavy atom. The number of sulfone groups is 1. The van der Waals surface area contributed by atoms with Crippen LogP contribution in [-0.4, -0.2) is 56.5 Å². The molecule has 0 atom stereocenters. The van der Waals surface area contributed by atoms with Crippen molar-refractivity contribution in [1.29, 1.82) is 0 Å². The highest BCUT2D eigenvalue weighted by atomic mass is 32.2. The smallest absolute Gasteiger partial charge is 0.381 e. The molecule has 0 amide bonds. The van der Waals surface area contributed by atoms with E-state index < -0.39 is 22.6 Å². The number of fused-ring (bicyclic) bond motifs is 1. The number of alkyl halides is 3. The third-order valence-electron chi connectivity index (χ3n) is 7.65. The molecule has 6 nitrogen and oxygen atoms in total. The van der Waals surface area contributed by atoms with Crippen LogP contribution in [0.2, 0.25) is 0 Å². The molecule has 218 valence electrons. The van der Waals surface area contributed by atoms with Crippen molar-refractivity contribution < 1.29 is 21.6 Å². The predicted molar refractivity (Wildman–Crippen MR) is 158 cm³/mol. The van der Waals surface area contributed by atoms with Gasteiger partial charge in [-0.3, -0.25) is 0 Å². The van der Waals surface area contributed by atoms with Gasteiger partial charge in [-0.05, 0) is 92.1 Å². The molecule has 3 aromatic carbocycles. The fraction of sp³-hybridized carbons (Fsp3) is 0.355. The van der Waals surface area contributed by atoms with Crippen LogP contribution in [0.4, 0.5) is 18.9 Å². The number of nitrogens with one attached hydrogen (secondary N) is 2. The van der Waals surface area contributed by atoms with Gasteiger partial charge in [0.05, 0.1) is 4.90 Å². The Morgan fingerprint density at radius 3 is 2.17 bits per heavy atom. The minimum absolute atomic E-state index is 0.252. The first kappa shape index (κ1) is 29.2. The van der Waals surface area contributed by atoms with E-state index in [0.29, 0.717) is 35.9 Å². The van der Waals surface area contributed by atoms with Crippen LogP contribution >= 0.6 is 0 Å². The van der Waals surface area contributed by atoms with Gasteiger partial charge in [0.1, 0.15) is 6.54 Å². The molecule has 0 saturated carbocycles. The summed E-state index contributed by atoms with van der Waals surface area (Å²) in [5.41, 5.74) is 4.56. The summed E-state index contributed by atoms with van der Waals surface area (Å²) in [6.07, 6.45) is -1.01. The van der Waals surface area contributed by atoms with E-state index >= 15 is 0 Å². The molecular weight excluding hydrogens is 549 g/mol.